The van der Waals surface area contributed by atoms with E-state index in [2.05, 4.69) is 10.3 Å². The van der Waals surface area contributed by atoms with E-state index in [4.69, 9.17) is 0 Å². The molecule has 0 fully saturated rings. The van der Waals surface area contributed by atoms with Crippen molar-refractivity contribution in [3.8, 4) is 0 Å². The second-order valence-corrected chi connectivity index (χ2v) is 1.50. The molecule has 0 spiro atoms. The summed E-state index contributed by atoms with van der Waals surface area (Å²) in [5.41, 5.74) is 1.12. The molecule has 0 heterocycles. The summed E-state index contributed by atoms with van der Waals surface area (Å²) in [5, 5.41) is 2.95. The van der Waals surface area contributed by atoms with Crippen molar-refractivity contribution in [1.29, 1.82) is 0 Å². The van der Waals surface area contributed by atoms with Crippen molar-refractivity contribution in [3.05, 3.63) is 11.8 Å². The van der Waals surface area contributed by atoms with E-state index in [-0.39, 0.29) is 0 Å². The van der Waals surface area contributed by atoms with Crippen molar-refractivity contribution in [2.45, 2.75) is 13.8 Å². The molecule has 0 rings (SSSR count). The minimum atomic E-state index is 1.12. The van der Waals surface area contributed by atoms with Gasteiger partial charge in [-0.3, -0.25) is 4.99 Å². The summed E-state index contributed by atoms with van der Waals surface area (Å²) in [6, 6.07) is 0. The third kappa shape index (κ3) is 3.40. The highest BCUT2D eigenvalue weighted by Crippen LogP contribution is 1.79. The van der Waals surface area contributed by atoms with Crippen LogP contribution >= 0.6 is 0 Å². The molecule has 2 heteroatoms. The van der Waals surface area contributed by atoms with Gasteiger partial charge in [-0.2, -0.15) is 0 Å². The maximum absolute atomic E-state index is 3.75. The number of allylic oxidation sites excluding steroid dienone is 2. The molecule has 0 saturated carbocycles. The zero-order valence-electron chi connectivity index (χ0n) is 5.60. The van der Waals surface area contributed by atoms with E-state index in [1.807, 2.05) is 19.9 Å². The molecule has 0 aromatic rings. The molecule has 0 bridgehead atoms. The maximum atomic E-state index is 3.75. The molecule has 0 saturated heterocycles. The first-order valence-electron chi connectivity index (χ1n) is 2.61. The molecule has 0 aromatic heterocycles. The largest absolute Gasteiger partial charge is 0.351 e. The van der Waals surface area contributed by atoms with Crippen molar-refractivity contribution in [1.82, 2.24) is 5.32 Å². The van der Waals surface area contributed by atoms with E-state index in [1.165, 1.54) is 0 Å². The summed E-state index contributed by atoms with van der Waals surface area (Å²) in [5.74, 6) is 0. The van der Waals surface area contributed by atoms with Gasteiger partial charge in [0.2, 0.25) is 0 Å². The lowest BCUT2D eigenvalue weighted by molar-refractivity contribution is 1.12. The molecular formula is C6H12N2. The number of nitrogens with one attached hydrogen (secondary N) is 1. The third-order valence-corrected chi connectivity index (χ3v) is 0.854. The van der Waals surface area contributed by atoms with E-state index in [9.17, 15) is 0 Å². The van der Waals surface area contributed by atoms with E-state index >= 15 is 0 Å². The van der Waals surface area contributed by atoms with Crippen LogP contribution in [0.25, 0.3) is 0 Å². The fourth-order valence-electron chi connectivity index (χ4n) is 0.250. The van der Waals surface area contributed by atoms with Gasteiger partial charge in [0, 0.05) is 12.7 Å². The first-order valence-corrected chi connectivity index (χ1v) is 2.61. The van der Waals surface area contributed by atoms with Crippen LogP contribution in [0.15, 0.2) is 16.8 Å². The summed E-state index contributed by atoms with van der Waals surface area (Å²) >= 11 is 0. The number of hydrogen-bond acceptors (Lipinski definition) is 1. The van der Waals surface area contributed by atoms with E-state index in [0.717, 1.165) is 5.70 Å². The molecule has 0 amide bonds. The van der Waals surface area contributed by atoms with Gasteiger partial charge < -0.3 is 5.32 Å². The van der Waals surface area contributed by atoms with Crippen LogP contribution in [-0.4, -0.2) is 13.4 Å². The lowest BCUT2D eigenvalue weighted by Crippen LogP contribution is -2.06. The predicted molar refractivity (Wildman–Crippen MR) is 37.0 cm³/mol. The molecule has 1 N–H and O–H groups in total. The van der Waals surface area contributed by atoms with E-state index in [1.54, 1.807) is 13.4 Å². The van der Waals surface area contributed by atoms with Gasteiger partial charge in [0.1, 0.15) is 0 Å². The van der Waals surface area contributed by atoms with Gasteiger partial charge in [-0.1, -0.05) is 6.08 Å². The van der Waals surface area contributed by atoms with Crippen molar-refractivity contribution in [2.24, 2.45) is 4.99 Å². The Kier molecular flexibility index (Phi) is 3.94. The van der Waals surface area contributed by atoms with Gasteiger partial charge in [-0.05, 0) is 13.8 Å². The summed E-state index contributed by atoms with van der Waals surface area (Å²) in [4.78, 5) is 3.75. The Labute approximate surface area is 50.3 Å². The molecule has 0 aliphatic rings. The highest BCUT2D eigenvalue weighted by molar-refractivity contribution is 5.56. The smallest absolute Gasteiger partial charge is 0.0861 e. The maximum Gasteiger partial charge on any atom is 0.0861 e. The molecule has 0 aromatic carbocycles. The van der Waals surface area contributed by atoms with E-state index in [0.29, 0.717) is 0 Å². The van der Waals surface area contributed by atoms with Gasteiger partial charge in [0.15, 0.2) is 0 Å². The topological polar surface area (TPSA) is 24.4 Å². The summed E-state index contributed by atoms with van der Waals surface area (Å²) in [7, 11) is 1.73. The summed E-state index contributed by atoms with van der Waals surface area (Å²) < 4.78 is 0. The molecule has 0 aliphatic carbocycles. The molecule has 8 heavy (non-hydrogen) atoms. The quantitative estimate of drug-likeness (QED) is 0.420. The van der Waals surface area contributed by atoms with Gasteiger partial charge in [-0.15, -0.1) is 0 Å². The SMILES string of the molecule is CC=C(C)NC=NC. The monoisotopic (exact) mass is 112 g/mol. The zero-order valence-corrected chi connectivity index (χ0v) is 5.60. The standard InChI is InChI=1S/C6H12N2/c1-4-6(2)8-5-7-3/h4-5H,1-3H3,(H,7,8). The lowest BCUT2D eigenvalue weighted by Gasteiger charge is -1.93. The Morgan fingerprint density at radius 1 is 1.62 bits per heavy atom. The molecule has 0 aliphatic heterocycles. The Balaban J connectivity index is 3.40. The highest BCUT2D eigenvalue weighted by atomic mass is 14.9. The number of nitrogens with zero attached hydrogens (tertiary/aromatic N) is 1. The predicted octanol–water partition coefficient (Wildman–Crippen LogP) is 1.16. The average molecular weight is 112 g/mol. The third-order valence-electron chi connectivity index (χ3n) is 0.854. The minimum Gasteiger partial charge on any atom is -0.351 e. The Morgan fingerprint density at radius 3 is 2.62 bits per heavy atom. The summed E-state index contributed by atoms with van der Waals surface area (Å²) in [6.07, 6.45) is 3.65. The number of rotatable bonds is 2. The van der Waals surface area contributed by atoms with Crippen LogP contribution in [0.3, 0.4) is 0 Å². The molecule has 46 valence electrons. The van der Waals surface area contributed by atoms with Gasteiger partial charge >= 0.3 is 0 Å². The molecule has 0 unspecified atom stereocenters. The molecule has 0 atom stereocenters. The van der Waals surface area contributed by atoms with Gasteiger partial charge in [-0.25, -0.2) is 0 Å². The first kappa shape index (κ1) is 7.21. The first-order chi connectivity index (χ1) is 3.81. The lowest BCUT2D eigenvalue weighted by atomic mass is 10.5. The van der Waals surface area contributed by atoms with E-state index < -0.39 is 0 Å². The van der Waals surface area contributed by atoms with Crippen LogP contribution in [0.5, 0.6) is 0 Å². The number of aliphatic imine (C=N–C) groups is 1. The highest BCUT2D eigenvalue weighted by Gasteiger charge is 1.74. The molecular weight excluding hydrogens is 100 g/mol. The Bertz CT molecular complexity index is 103. The van der Waals surface area contributed by atoms with Crippen LogP contribution in [0.1, 0.15) is 13.8 Å². The number of hydrogen-bond donors (Lipinski definition) is 1. The van der Waals surface area contributed by atoms with Crippen LogP contribution in [0.2, 0.25) is 0 Å². The minimum absolute atomic E-state index is 1.12. The zero-order chi connectivity index (χ0) is 6.41. The van der Waals surface area contributed by atoms with Crippen LogP contribution in [0, 0.1) is 0 Å². The normalized spacial score (nSPS) is 12.6. The van der Waals surface area contributed by atoms with Crippen molar-refractivity contribution in [2.75, 3.05) is 7.05 Å². The molecule has 2 nitrogen and oxygen atoms in total. The summed E-state index contributed by atoms with van der Waals surface area (Å²) in [6.45, 7) is 3.97. The van der Waals surface area contributed by atoms with Gasteiger partial charge in [0.25, 0.3) is 0 Å². The fourth-order valence-corrected chi connectivity index (χ4v) is 0.250. The second kappa shape index (κ2) is 4.37. The fraction of sp³-hybridized carbons (Fsp3) is 0.500. The van der Waals surface area contributed by atoms with Crippen molar-refractivity contribution in [3.63, 3.8) is 0 Å². The molecule has 0 radical (unpaired) electrons. The Hall–Kier alpha value is -0.790. The van der Waals surface area contributed by atoms with Crippen molar-refractivity contribution >= 4 is 6.34 Å². The second-order valence-electron chi connectivity index (χ2n) is 1.50. The van der Waals surface area contributed by atoms with Crippen LogP contribution in [-0.2, 0) is 0 Å². The average Bonchev–Trinajstić information content (AvgIpc) is 1.83. The van der Waals surface area contributed by atoms with Crippen LogP contribution < -0.4 is 5.32 Å². The Morgan fingerprint density at radius 2 is 2.25 bits per heavy atom. The van der Waals surface area contributed by atoms with Crippen molar-refractivity contribution < 1.29 is 0 Å². The van der Waals surface area contributed by atoms with Gasteiger partial charge in [0.05, 0.1) is 6.34 Å². The van der Waals surface area contributed by atoms with Crippen LogP contribution in [0.4, 0.5) is 0 Å².